The maximum Gasteiger partial charge on any atom is 0.0687 e. The zero-order chi connectivity index (χ0) is 16.2. The van der Waals surface area contributed by atoms with Crippen molar-refractivity contribution in [2.45, 2.75) is 33.5 Å². The quantitative estimate of drug-likeness (QED) is 0.354. The van der Waals surface area contributed by atoms with Crippen molar-refractivity contribution in [2.24, 2.45) is 0 Å². The second-order valence-corrected chi connectivity index (χ2v) is 12.0. The van der Waals surface area contributed by atoms with Gasteiger partial charge in [0.05, 0.1) is 8.07 Å². The molecule has 0 atom stereocenters. The van der Waals surface area contributed by atoms with Gasteiger partial charge in [-0.1, -0.05) is 79.9 Å². The summed E-state index contributed by atoms with van der Waals surface area (Å²) in [6.45, 7) is 11.5. The van der Waals surface area contributed by atoms with Crippen LogP contribution in [0.15, 0.2) is 60.3 Å². The summed E-state index contributed by atoms with van der Waals surface area (Å²) in [6, 6.07) is 17.2. The molecule has 0 saturated heterocycles. The summed E-state index contributed by atoms with van der Waals surface area (Å²) < 4.78 is 0. The molecule has 0 radical (unpaired) electrons. The summed E-state index contributed by atoms with van der Waals surface area (Å²) in [5.41, 5.74) is 8.97. The number of allylic oxidation sites excluding steroid dienone is 2. The van der Waals surface area contributed by atoms with E-state index in [1.165, 1.54) is 27.8 Å². The molecule has 0 aliphatic carbocycles. The molecule has 0 N–H and O–H groups in total. The lowest BCUT2D eigenvalue weighted by molar-refractivity contribution is 1.42. The molecule has 0 aromatic heterocycles. The zero-order valence-corrected chi connectivity index (χ0v) is 15.4. The van der Waals surface area contributed by atoms with Gasteiger partial charge in [-0.15, -0.1) is 0 Å². The van der Waals surface area contributed by atoms with E-state index in [-0.39, 0.29) is 0 Å². The third-order valence-corrected chi connectivity index (χ3v) is 4.89. The smallest absolute Gasteiger partial charge is 0.0687 e. The first-order valence-electron chi connectivity index (χ1n) is 7.89. The van der Waals surface area contributed by atoms with E-state index in [1.807, 2.05) is 0 Å². The number of benzene rings is 2. The van der Waals surface area contributed by atoms with Crippen molar-refractivity contribution in [1.29, 1.82) is 0 Å². The average molecular weight is 307 g/mol. The van der Waals surface area contributed by atoms with Crippen molar-refractivity contribution in [2.75, 3.05) is 0 Å². The molecule has 22 heavy (non-hydrogen) atoms. The molecule has 0 aliphatic rings. The van der Waals surface area contributed by atoms with E-state index in [0.29, 0.717) is 0 Å². The Hall–Kier alpha value is -1.86. The summed E-state index contributed by atoms with van der Waals surface area (Å²) in [4.78, 5) is 0. The van der Waals surface area contributed by atoms with Gasteiger partial charge in [0, 0.05) is 0 Å². The summed E-state index contributed by atoms with van der Waals surface area (Å²) >= 11 is 0. The van der Waals surface area contributed by atoms with Gasteiger partial charge in [-0.2, -0.15) is 0 Å². The topological polar surface area (TPSA) is 0 Å². The Labute approximate surface area is 136 Å². The maximum absolute atomic E-state index is 2.42. The lowest BCUT2D eigenvalue weighted by Gasteiger charge is -2.12. The highest BCUT2D eigenvalue weighted by atomic mass is 28.3. The number of rotatable bonds is 4. The van der Waals surface area contributed by atoms with Gasteiger partial charge in [0.2, 0.25) is 0 Å². The fourth-order valence-corrected chi connectivity index (χ4v) is 3.05. The van der Waals surface area contributed by atoms with Gasteiger partial charge in [-0.05, 0) is 47.8 Å². The molecule has 0 bridgehead atoms. The normalized spacial score (nSPS) is 12.9. The molecular weight excluding hydrogens is 280 g/mol. The molecule has 114 valence electrons. The van der Waals surface area contributed by atoms with Crippen LogP contribution in [0.4, 0.5) is 0 Å². The van der Waals surface area contributed by atoms with E-state index < -0.39 is 8.07 Å². The Balaban J connectivity index is 2.54. The fraction of sp³-hybridized carbons (Fsp3) is 0.238. The van der Waals surface area contributed by atoms with Crippen molar-refractivity contribution in [3.63, 3.8) is 0 Å². The minimum absolute atomic E-state index is 1.22. The van der Waals surface area contributed by atoms with Crippen molar-refractivity contribution < 1.29 is 0 Å². The second-order valence-electron chi connectivity index (χ2n) is 6.97. The first kappa shape index (κ1) is 16.5. The molecule has 2 aromatic carbocycles. The van der Waals surface area contributed by atoms with Gasteiger partial charge >= 0.3 is 0 Å². The van der Waals surface area contributed by atoms with Crippen LogP contribution in [0.5, 0.6) is 0 Å². The van der Waals surface area contributed by atoms with Crippen LogP contribution in [0.1, 0.15) is 22.3 Å². The molecule has 0 aliphatic heterocycles. The Kier molecular flexibility index (Phi) is 5.20. The van der Waals surface area contributed by atoms with Crippen LogP contribution in [-0.2, 0) is 0 Å². The minimum Gasteiger partial charge on any atom is -0.0944 e. The van der Waals surface area contributed by atoms with Crippen molar-refractivity contribution >= 4 is 19.7 Å². The van der Waals surface area contributed by atoms with Crippen LogP contribution in [0.3, 0.4) is 0 Å². The van der Waals surface area contributed by atoms with Crippen molar-refractivity contribution in [3.8, 4) is 0 Å². The van der Waals surface area contributed by atoms with E-state index in [2.05, 4.69) is 99.9 Å². The molecule has 0 amide bonds. The van der Waals surface area contributed by atoms with E-state index in [1.54, 1.807) is 0 Å². The van der Waals surface area contributed by atoms with Crippen LogP contribution in [-0.4, -0.2) is 8.07 Å². The lowest BCUT2D eigenvalue weighted by atomic mass is 9.97. The largest absolute Gasteiger partial charge is 0.0944 e. The number of hydrogen-bond acceptors (Lipinski definition) is 0. The van der Waals surface area contributed by atoms with Crippen LogP contribution >= 0.6 is 0 Å². The fourth-order valence-electron chi connectivity index (χ4n) is 2.37. The first-order chi connectivity index (χ1) is 10.4. The molecule has 2 aromatic rings. The van der Waals surface area contributed by atoms with Gasteiger partial charge in [0.25, 0.3) is 0 Å². The van der Waals surface area contributed by atoms with E-state index in [0.717, 1.165) is 0 Å². The predicted molar refractivity (Wildman–Crippen MR) is 103 cm³/mol. The third kappa shape index (κ3) is 4.57. The summed E-state index contributed by atoms with van der Waals surface area (Å²) in [5.74, 6) is 0. The van der Waals surface area contributed by atoms with E-state index in [4.69, 9.17) is 0 Å². The van der Waals surface area contributed by atoms with Crippen molar-refractivity contribution in [1.82, 2.24) is 0 Å². The number of hydrogen-bond donors (Lipinski definition) is 0. The highest BCUT2D eigenvalue weighted by molar-refractivity contribution is 6.81. The zero-order valence-electron chi connectivity index (χ0n) is 14.4. The van der Waals surface area contributed by atoms with Crippen LogP contribution in [0, 0.1) is 13.8 Å². The Bertz CT molecular complexity index is 700. The molecule has 0 fully saturated rings. The third-order valence-electron chi connectivity index (χ3n) is 3.72. The van der Waals surface area contributed by atoms with Gasteiger partial charge in [-0.25, -0.2) is 0 Å². The molecule has 0 unspecified atom stereocenters. The maximum atomic E-state index is 2.42. The minimum atomic E-state index is -1.22. The highest BCUT2D eigenvalue weighted by Gasteiger charge is 2.09. The van der Waals surface area contributed by atoms with Gasteiger partial charge in [-0.3, -0.25) is 0 Å². The van der Waals surface area contributed by atoms with E-state index >= 15 is 0 Å². The van der Waals surface area contributed by atoms with Crippen molar-refractivity contribution in [3.05, 3.63) is 82.6 Å². The van der Waals surface area contributed by atoms with Gasteiger partial charge in [0.1, 0.15) is 0 Å². The van der Waals surface area contributed by atoms with Crippen LogP contribution in [0.2, 0.25) is 19.6 Å². The van der Waals surface area contributed by atoms with Crippen LogP contribution in [0.25, 0.3) is 11.6 Å². The predicted octanol–water partition coefficient (Wildman–Crippen LogP) is 6.28. The molecule has 0 saturated carbocycles. The summed E-state index contributed by atoms with van der Waals surface area (Å²) in [6.07, 6.45) is 4.63. The molecule has 0 heterocycles. The Morgan fingerprint density at radius 2 is 1.41 bits per heavy atom. The van der Waals surface area contributed by atoms with Crippen LogP contribution < -0.4 is 0 Å². The molecule has 2 rings (SSSR count). The highest BCUT2D eigenvalue weighted by Crippen LogP contribution is 2.25. The molecule has 0 spiro atoms. The lowest BCUT2D eigenvalue weighted by Crippen LogP contribution is -2.15. The Morgan fingerprint density at radius 3 is 2.00 bits per heavy atom. The first-order valence-corrected chi connectivity index (χ1v) is 11.5. The Morgan fingerprint density at radius 1 is 0.818 bits per heavy atom. The second kappa shape index (κ2) is 6.93. The SMILES string of the molecule is Cc1ccccc1/C=C(\C=C\[Si](C)(C)C)c1ccccc1C. The summed E-state index contributed by atoms with van der Waals surface area (Å²) in [5, 5.41) is 0. The summed E-state index contributed by atoms with van der Waals surface area (Å²) in [7, 11) is -1.22. The van der Waals surface area contributed by atoms with E-state index in [9.17, 15) is 0 Å². The number of aryl methyl sites for hydroxylation is 2. The van der Waals surface area contributed by atoms with Gasteiger partial charge in [0.15, 0.2) is 0 Å². The monoisotopic (exact) mass is 306 g/mol. The average Bonchev–Trinajstić information content (AvgIpc) is 2.45. The standard InChI is InChI=1S/C21H26Si/c1-17-10-6-8-12-19(17)16-20(14-15-22(3,4)5)21-13-9-7-11-18(21)2/h6-16H,1-5H3/b15-14+,20-16+. The molecule has 0 nitrogen and oxygen atoms in total. The molecule has 1 heteroatoms. The van der Waals surface area contributed by atoms with Gasteiger partial charge < -0.3 is 0 Å². The molecular formula is C21H26Si.